The van der Waals surface area contributed by atoms with Gasteiger partial charge in [0.2, 0.25) is 5.91 Å². The summed E-state index contributed by atoms with van der Waals surface area (Å²) in [6, 6.07) is 5.91. The number of carbonyl (C=O) groups is 1. The van der Waals surface area contributed by atoms with Gasteiger partial charge in [-0.3, -0.25) is 4.79 Å². The van der Waals surface area contributed by atoms with Gasteiger partial charge in [-0.15, -0.1) is 0 Å². The Morgan fingerprint density at radius 2 is 2.10 bits per heavy atom. The van der Waals surface area contributed by atoms with Gasteiger partial charge >= 0.3 is 0 Å². The van der Waals surface area contributed by atoms with Crippen LogP contribution in [0.4, 0.5) is 11.4 Å². The van der Waals surface area contributed by atoms with E-state index in [1.807, 2.05) is 18.2 Å². The highest BCUT2D eigenvalue weighted by molar-refractivity contribution is 6.07. The molecule has 0 radical (unpaired) electrons. The highest BCUT2D eigenvalue weighted by atomic mass is 16.5. The number of amides is 1. The van der Waals surface area contributed by atoms with E-state index in [1.165, 1.54) is 0 Å². The normalized spacial score (nSPS) is 27.7. The molecule has 1 saturated carbocycles. The van der Waals surface area contributed by atoms with Crippen LogP contribution in [0, 0.1) is 5.92 Å². The van der Waals surface area contributed by atoms with Crippen molar-refractivity contribution in [2.75, 3.05) is 17.2 Å². The van der Waals surface area contributed by atoms with Crippen LogP contribution in [-0.4, -0.2) is 18.1 Å². The van der Waals surface area contributed by atoms with Gasteiger partial charge in [0.05, 0.1) is 12.3 Å². The van der Waals surface area contributed by atoms with Crippen LogP contribution in [0.3, 0.4) is 0 Å². The maximum atomic E-state index is 12.6. The molecule has 0 atom stereocenters. The lowest BCUT2D eigenvalue weighted by Gasteiger charge is -2.43. The Kier molecular flexibility index (Phi) is 3.79. The molecule has 1 aliphatic carbocycles. The molecule has 4 heteroatoms. The van der Waals surface area contributed by atoms with Gasteiger partial charge in [-0.2, -0.15) is 0 Å². The number of benzene rings is 1. The Hall–Kier alpha value is -1.71. The number of ether oxygens (including phenoxy) is 1. The SMILES string of the molecule is CCCOc1cccc2c1NC(=O)C1(CCC(C)CC1)N2. The predicted octanol–water partition coefficient (Wildman–Crippen LogP) is 3.79. The van der Waals surface area contributed by atoms with E-state index in [4.69, 9.17) is 4.74 Å². The van der Waals surface area contributed by atoms with Crippen molar-refractivity contribution in [2.45, 2.75) is 51.5 Å². The van der Waals surface area contributed by atoms with Crippen molar-refractivity contribution in [1.82, 2.24) is 0 Å². The second-order valence-corrected chi connectivity index (χ2v) is 6.37. The molecule has 0 aromatic heterocycles. The van der Waals surface area contributed by atoms with E-state index in [2.05, 4.69) is 24.5 Å². The van der Waals surface area contributed by atoms with Crippen molar-refractivity contribution in [2.24, 2.45) is 5.92 Å². The van der Waals surface area contributed by atoms with Gasteiger partial charge in [0.25, 0.3) is 0 Å². The molecular weight excluding hydrogens is 264 g/mol. The first-order valence-corrected chi connectivity index (χ1v) is 8.00. The minimum Gasteiger partial charge on any atom is -0.491 e. The van der Waals surface area contributed by atoms with Gasteiger partial charge in [-0.05, 0) is 50.2 Å². The van der Waals surface area contributed by atoms with Crippen molar-refractivity contribution >= 4 is 17.3 Å². The number of anilines is 2. The molecule has 4 nitrogen and oxygen atoms in total. The minimum absolute atomic E-state index is 0.0921. The average molecular weight is 288 g/mol. The number of para-hydroxylation sites is 1. The van der Waals surface area contributed by atoms with E-state index in [0.717, 1.165) is 49.2 Å². The van der Waals surface area contributed by atoms with Crippen molar-refractivity contribution < 1.29 is 9.53 Å². The number of nitrogens with one attached hydrogen (secondary N) is 2. The third-order valence-electron chi connectivity index (χ3n) is 4.66. The van der Waals surface area contributed by atoms with Gasteiger partial charge in [0, 0.05) is 0 Å². The minimum atomic E-state index is -0.428. The van der Waals surface area contributed by atoms with Gasteiger partial charge in [0.1, 0.15) is 17.0 Å². The zero-order chi connectivity index (χ0) is 14.9. The van der Waals surface area contributed by atoms with Crippen LogP contribution in [0.1, 0.15) is 46.0 Å². The lowest BCUT2D eigenvalue weighted by molar-refractivity contribution is -0.121. The van der Waals surface area contributed by atoms with Gasteiger partial charge in [-0.1, -0.05) is 19.9 Å². The molecule has 114 valence electrons. The smallest absolute Gasteiger partial charge is 0.250 e. The van der Waals surface area contributed by atoms with Gasteiger partial charge in [-0.25, -0.2) is 0 Å². The van der Waals surface area contributed by atoms with Crippen LogP contribution in [0.5, 0.6) is 5.75 Å². The van der Waals surface area contributed by atoms with E-state index in [1.54, 1.807) is 0 Å². The number of fused-ring (bicyclic) bond motifs is 1. The Morgan fingerprint density at radius 1 is 1.33 bits per heavy atom. The summed E-state index contributed by atoms with van der Waals surface area (Å²) in [6.07, 6.45) is 4.95. The highest BCUT2D eigenvalue weighted by Crippen LogP contribution is 2.43. The second kappa shape index (κ2) is 5.58. The maximum Gasteiger partial charge on any atom is 0.250 e. The molecule has 1 heterocycles. The summed E-state index contributed by atoms with van der Waals surface area (Å²) >= 11 is 0. The molecule has 1 aromatic carbocycles. The first kappa shape index (κ1) is 14.2. The first-order chi connectivity index (χ1) is 10.1. The maximum absolute atomic E-state index is 12.6. The summed E-state index contributed by atoms with van der Waals surface area (Å²) in [4.78, 5) is 12.6. The molecule has 2 N–H and O–H groups in total. The average Bonchev–Trinajstić information content (AvgIpc) is 2.49. The molecule has 21 heavy (non-hydrogen) atoms. The number of hydrogen-bond acceptors (Lipinski definition) is 3. The molecular formula is C17H24N2O2. The van der Waals surface area contributed by atoms with Crippen molar-refractivity contribution in [3.8, 4) is 5.75 Å². The number of hydrogen-bond donors (Lipinski definition) is 2. The first-order valence-electron chi connectivity index (χ1n) is 8.00. The van der Waals surface area contributed by atoms with E-state index in [0.29, 0.717) is 12.5 Å². The van der Waals surface area contributed by atoms with Crippen LogP contribution in [0.2, 0.25) is 0 Å². The van der Waals surface area contributed by atoms with E-state index in [9.17, 15) is 4.79 Å². The van der Waals surface area contributed by atoms with Crippen LogP contribution in [0.25, 0.3) is 0 Å². The Bertz CT molecular complexity index is 534. The number of carbonyl (C=O) groups excluding carboxylic acids is 1. The van der Waals surface area contributed by atoms with Crippen LogP contribution in [-0.2, 0) is 4.79 Å². The standard InChI is InChI=1S/C17H24N2O2/c1-3-11-21-14-6-4-5-13-15(14)18-16(20)17(19-13)9-7-12(2)8-10-17/h4-6,12,19H,3,7-11H2,1-2H3,(H,18,20). The largest absolute Gasteiger partial charge is 0.491 e. The summed E-state index contributed by atoms with van der Waals surface area (Å²) in [5.41, 5.74) is 1.35. The zero-order valence-electron chi connectivity index (χ0n) is 12.9. The van der Waals surface area contributed by atoms with Gasteiger partial charge < -0.3 is 15.4 Å². The summed E-state index contributed by atoms with van der Waals surface area (Å²) in [5, 5.41) is 6.59. The molecule has 2 aliphatic rings. The molecule has 1 aromatic rings. The lowest BCUT2D eigenvalue weighted by atomic mass is 9.75. The second-order valence-electron chi connectivity index (χ2n) is 6.37. The molecule has 1 fully saturated rings. The Labute approximate surface area is 126 Å². The third kappa shape index (κ3) is 2.59. The molecule has 0 bridgehead atoms. The van der Waals surface area contributed by atoms with E-state index in [-0.39, 0.29) is 5.91 Å². The van der Waals surface area contributed by atoms with E-state index < -0.39 is 5.54 Å². The molecule has 0 saturated heterocycles. The zero-order valence-corrected chi connectivity index (χ0v) is 12.9. The van der Waals surface area contributed by atoms with Crippen LogP contribution < -0.4 is 15.4 Å². The molecule has 3 rings (SSSR count). The summed E-state index contributed by atoms with van der Waals surface area (Å²) < 4.78 is 5.74. The van der Waals surface area contributed by atoms with Crippen LogP contribution >= 0.6 is 0 Å². The summed E-state index contributed by atoms with van der Waals surface area (Å²) in [6.45, 7) is 5.00. The third-order valence-corrected chi connectivity index (χ3v) is 4.66. The van der Waals surface area contributed by atoms with Gasteiger partial charge in [0.15, 0.2) is 0 Å². The highest BCUT2D eigenvalue weighted by Gasteiger charge is 2.44. The molecule has 1 aliphatic heterocycles. The Balaban J connectivity index is 1.87. The molecule has 1 spiro atoms. The lowest BCUT2D eigenvalue weighted by Crippen LogP contribution is -2.54. The topological polar surface area (TPSA) is 50.4 Å². The summed E-state index contributed by atoms with van der Waals surface area (Å²) in [5.74, 6) is 1.56. The predicted molar refractivity (Wildman–Crippen MR) is 84.8 cm³/mol. The Morgan fingerprint density at radius 3 is 2.81 bits per heavy atom. The molecule has 1 amide bonds. The fourth-order valence-corrected chi connectivity index (χ4v) is 3.25. The van der Waals surface area contributed by atoms with Crippen molar-refractivity contribution in [1.29, 1.82) is 0 Å². The van der Waals surface area contributed by atoms with E-state index >= 15 is 0 Å². The fraction of sp³-hybridized carbons (Fsp3) is 0.588. The quantitative estimate of drug-likeness (QED) is 0.889. The van der Waals surface area contributed by atoms with Crippen molar-refractivity contribution in [3.05, 3.63) is 18.2 Å². The van der Waals surface area contributed by atoms with Crippen molar-refractivity contribution in [3.63, 3.8) is 0 Å². The fourth-order valence-electron chi connectivity index (χ4n) is 3.25. The molecule has 0 unspecified atom stereocenters. The monoisotopic (exact) mass is 288 g/mol. The van der Waals surface area contributed by atoms with Crippen LogP contribution in [0.15, 0.2) is 18.2 Å². The summed E-state index contributed by atoms with van der Waals surface area (Å²) in [7, 11) is 0. The number of rotatable bonds is 3.